The molecule has 0 spiro atoms. The van der Waals surface area contributed by atoms with Crippen LogP contribution in [-0.2, 0) is 16.0 Å². The van der Waals surface area contributed by atoms with E-state index in [1.165, 1.54) is 0 Å². The molecular weight excluding hydrogens is 297 g/mol. The van der Waals surface area contributed by atoms with Gasteiger partial charge in [-0.1, -0.05) is 29.3 Å². The third-order valence-corrected chi connectivity index (χ3v) is 4.05. The Morgan fingerprint density at radius 1 is 1.40 bits per heavy atom. The van der Waals surface area contributed by atoms with Gasteiger partial charge in [0.05, 0.1) is 0 Å². The quantitative estimate of drug-likeness (QED) is 0.903. The SMILES string of the molecule is O=C(C[C@@H]1CCCOC1)NCCc1ccc(Cl)cc1Cl. The lowest BCUT2D eigenvalue weighted by atomic mass is 9.98. The first kappa shape index (κ1) is 15.6. The summed E-state index contributed by atoms with van der Waals surface area (Å²) in [6, 6.07) is 5.43. The largest absolute Gasteiger partial charge is 0.381 e. The molecular formula is C15H19Cl2NO2. The van der Waals surface area contributed by atoms with Gasteiger partial charge in [-0.2, -0.15) is 0 Å². The van der Waals surface area contributed by atoms with Crippen LogP contribution >= 0.6 is 23.2 Å². The zero-order chi connectivity index (χ0) is 14.4. The fraction of sp³-hybridized carbons (Fsp3) is 0.533. The third kappa shape index (κ3) is 4.97. The summed E-state index contributed by atoms with van der Waals surface area (Å²) in [5.74, 6) is 0.452. The topological polar surface area (TPSA) is 38.3 Å². The molecule has 20 heavy (non-hydrogen) atoms. The van der Waals surface area contributed by atoms with Crippen molar-refractivity contribution in [3.05, 3.63) is 33.8 Å². The van der Waals surface area contributed by atoms with Crippen LogP contribution in [0, 0.1) is 5.92 Å². The molecule has 1 aliphatic heterocycles. The first-order chi connectivity index (χ1) is 9.65. The lowest BCUT2D eigenvalue weighted by molar-refractivity contribution is -0.123. The predicted octanol–water partition coefficient (Wildman–Crippen LogP) is 3.47. The molecule has 1 saturated heterocycles. The van der Waals surface area contributed by atoms with Crippen molar-refractivity contribution in [2.24, 2.45) is 5.92 Å². The zero-order valence-corrected chi connectivity index (χ0v) is 12.8. The number of ether oxygens (including phenoxy) is 1. The van der Waals surface area contributed by atoms with E-state index in [1.807, 2.05) is 12.1 Å². The van der Waals surface area contributed by atoms with E-state index in [1.54, 1.807) is 6.07 Å². The van der Waals surface area contributed by atoms with Crippen LogP contribution in [0.3, 0.4) is 0 Å². The summed E-state index contributed by atoms with van der Waals surface area (Å²) in [7, 11) is 0. The minimum absolute atomic E-state index is 0.0885. The van der Waals surface area contributed by atoms with Gasteiger partial charge in [0.2, 0.25) is 5.91 Å². The molecule has 1 N–H and O–H groups in total. The van der Waals surface area contributed by atoms with Crippen molar-refractivity contribution in [2.75, 3.05) is 19.8 Å². The molecule has 0 aromatic heterocycles. The maximum atomic E-state index is 11.8. The lowest BCUT2D eigenvalue weighted by Gasteiger charge is -2.21. The van der Waals surface area contributed by atoms with Gasteiger partial charge < -0.3 is 10.1 Å². The number of nitrogens with one attached hydrogen (secondary N) is 1. The van der Waals surface area contributed by atoms with E-state index in [0.29, 0.717) is 42.0 Å². The number of carbonyl (C=O) groups is 1. The van der Waals surface area contributed by atoms with Gasteiger partial charge in [-0.05, 0) is 42.9 Å². The predicted molar refractivity (Wildman–Crippen MR) is 81.3 cm³/mol. The highest BCUT2D eigenvalue weighted by Gasteiger charge is 2.17. The molecule has 5 heteroatoms. The van der Waals surface area contributed by atoms with Gasteiger partial charge in [0.15, 0.2) is 0 Å². The summed E-state index contributed by atoms with van der Waals surface area (Å²) < 4.78 is 5.37. The fourth-order valence-corrected chi connectivity index (χ4v) is 2.87. The molecule has 0 saturated carbocycles. The van der Waals surface area contributed by atoms with E-state index in [0.717, 1.165) is 25.0 Å². The van der Waals surface area contributed by atoms with E-state index < -0.39 is 0 Å². The average molecular weight is 316 g/mol. The molecule has 2 rings (SSSR count). The normalized spacial score (nSPS) is 18.8. The first-order valence-corrected chi connectivity index (χ1v) is 7.69. The minimum Gasteiger partial charge on any atom is -0.381 e. The molecule has 3 nitrogen and oxygen atoms in total. The highest BCUT2D eigenvalue weighted by atomic mass is 35.5. The van der Waals surface area contributed by atoms with Gasteiger partial charge in [-0.15, -0.1) is 0 Å². The Labute approximate surface area is 129 Å². The van der Waals surface area contributed by atoms with Gasteiger partial charge in [0.25, 0.3) is 0 Å². The maximum Gasteiger partial charge on any atom is 0.220 e. The molecule has 1 aromatic carbocycles. The number of rotatable bonds is 5. The summed E-state index contributed by atoms with van der Waals surface area (Å²) >= 11 is 11.9. The van der Waals surface area contributed by atoms with Crippen LogP contribution in [0.15, 0.2) is 18.2 Å². The average Bonchev–Trinajstić information content (AvgIpc) is 2.42. The monoisotopic (exact) mass is 315 g/mol. The Hall–Kier alpha value is -0.770. The fourth-order valence-electron chi connectivity index (χ4n) is 2.36. The van der Waals surface area contributed by atoms with E-state index in [-0.39, 0.29) is 5.91 Å². The van der Waals surface area contributed by atoms with E-state index in [2.05, 4.69) is 5.32 Å². The summed E-state index contributed by atoms with van der Waals surface area (Å²) in [6.45, 7) is 2.12. The number of halogens is 2. The second-order valence-electron chi connectivity index (χ2n) is 5.12. The second-order valence-corrected chi connectivity index (χ2v) is 5.97. The third-order valence-electron chi connectivity index (χ3n) is 3.46. The molecule has 0 unspecified atom stereocenters. The molecule has 1 fully saturated rings. The molecule has 110 valence electrons. The van der Waals surface area contributed by atoms with Gasteiger partial charge in [0.1, 0.15) is 0 Å². The minimum atomic E-state index is 0.0885. The van der Waals surface area contributed by atoms with E-state index in [4.69, 9.17) is 27.9 Å². The standard InChI is InChI=1S/C15H19Cl2NO2/c16-13-4-3-12(14(17)9-13)5-6-18-15(19)8-11-2-1-7-20-10-11/h3-4,9,11H,1-2,5-8,10H2,(H,18,19)/t11-/m0/s1. The van der Waals surface area contributed by atoms with Crippen LogP contribution in [-0.4, -0.2) is 25.7 Å². The van der Waals surface area contributed by atoms with Crippen LogP contribution in [0.25, 0.3) is 0 Å². The second kappa shape index (κ2) is 7.87. The number of carbonyl (C=O) groups excluding carboxylic acids is 1. The van der Waals surface area contributed by atoms with Crippen molar-refractivity contribution in [1.82, 2.24) is 5.32 Å². The van der Waals surface area contributed by atoms with Crippen molar-refractivity contribution in [2.45, 2.75) is 25.7 Å². The van der Waals surface area contributed by atoms with Crippen LogP contribution < -0.4 is 5.32 Å². The Morgan fingerprint density at radius 2 is 2.25 bits per heavy atom. The summed E-state index contributed by atoms with van der Waals surface area (Å²) in [5.41, 5.74) is 0.998. The van der Waals surface area contributed by atoms with Crippen molar-refractivity contribution in [3.63, 3.8) is 0 Å². The smallest absolute Gasteiger partial charge is 0.220 e. The van der Waals surface area contributed by atoms with E-state index in [9.17, 15) is 4.79 Å². The van der Waals surface area contributed by atoms with Crippen LogP contribution in [0.4, 0.5) is 0 Å². The van der Waals surface area contributed by atoms with Crippen LogP contribution in [0.2, 0.25) is 10.0 Å². The Kier molecular flexibility index (Phi) is 6.14. The Bertz CT molecular complexity index is 459. The van der Waals surface area contributed by atoms with Crippen molar-refractivity contribution < 1.29 is 9.53 Å². The zero-order valence-electron chi connectivity index (χ0n) is 11.3. The molecule has 1 heterocycles. The Balaban J connectivity index is 1.70. The molecule has 0 radical (unpaired) electrons. The molecule has 1 amide bonds. The number of benzene rings is 1. The Morgan fingerprint density at radius 3 is 2.95 bits per heavy atom. The van der Waals surface area contributed by atoms with E-state index >= 15 is 0 Å². The molecule has 0 bridgehead atoms. The molecule has 1 aliphatic rings. The number of hydrogen-bond acceptors (Lipinski definition) is 2. The van der Waals surface area contributed by atoms with Crippen molar-refractivity contribution in [1.29, 1.82) is 0 Å². The summed E-state index contributed by atoms with van der Waals surface area (Å²) in [4.78, 5) is 11.8. The summed E-state index contributed by atoms with van der Waals surface area (Å²) in [6.07, 6.45) is 3.39. The van der Waals surface area contributed by atoms with Crippen LogP contribution in [0.1, 0.15) is 24.8 Å². The van der Waals surface area contributed by atoms with Crippen molar-refractivity contribution >= 4 is 29.1 Å². The highest BCUT2D eigenvalue weighted by molar-refractivity contribution is 6.35. The first-order valence-electron chi connectivity index (χ1n) is 6.93. The highest BCUT2D eigenvalue weighted by Crippen LogP contribution is 2.21. The number of amides is 1. The van der Waals surface area contributed by atoms with Gasteiger partial charge >= 0.3 is 0 Å². The van der Waals surface area contributed by atoms with Crippen LogP contribution in [0.5, 0.6) is 0 Å². The lowest BCUT2D eigenvalue weighted by Crippen LogP contribution is -2.30. The van der Waals surface area contributed by atoms with Gasteiger partial charge in [-0.25, -0.2) is 0 Å². The molecule has 0 aliphatic carbocycles. The number of hydrogen-bond donors (Lipinski definition) is 1. The summed E-state index contributed by atoms with van der Waals surface area (Å²) in [5, 5.41) is 4.21. The van der Waals surface area contributed by atoms with Crippen molar-refractivity contribution in [3.8, 4) is 0 Å². The van der Waals surface area contributed by atoms with Gasteiger partial charge in [0, 0.05) is 36.2 Å². The molecule has 1 atom stereocenters. The molecule has 1 aromatic rings. The van der Waals surface area contributed by atoms with Gasteiger partial charge in [-0.3, -0.25) is 4.79 Å². The maximum absolute atomic E-state index is 11.8.